The average molecular weight is 494 g/mol. The molecule has 3 fully saturated rings. The Morgan fingerprint density at radius 2 is 1.92 bits per heavy atom. The van der Waals surface area contributed by atoms with Gasteiger partial charge in [-0.3, -0.25) is 9.59 Å². The van der Waals surface area contributed by atoms with Crippen LogP contribution in [0, 0.1) is 34.5 Å². The molecule has 7 atom stereocenters. The molecule has 7 heteroatoms. The summed E-state index contributed by atoms with van der Waals surface area (Å²) < 4.78 is 4.80. The van der Waals surface area contributed by atoms with Crippen molar-refractivity contribution in [1.82, 2.24) is 4.90 Å². The Labute approximate surface area is 213 Å². The summed E-state index contributed by atoms with van der Waals surface area (Å²) >= 11 is 0. The van der Waals surface area contributed by atoms with Crippen LogP contribution < -0.4 is 11.1 Å². The van der Waals surface area contributed by atoms with E-state index in [0.29, 0.717) is 35.8 Å². The summed E-state index contributed by atoms with van der Waals surface area (Å²) in [5.74, 6) is 1.70. The van der Waals surface area contributed by atoms with Gasteiger partial charge in [-0.05, 0) is 85.8 Å². The lowest BCUT2D eigenvalue weighted by atomic mass is 9.47. The Kier molecular flexibility index (Phi) is 6.16. The number of hydrogen-bond donors (Lipinski definition) is 2. The molecule has 1 aliphatic heterocycles. The number of nitrogens with zero attached hydrogens (tertiary/aromatic N) is 1. The smallest absolute Gasteiger partial charge is 0.340 e. The Hall–Kier alpha value is -2.83. The van der Waals surface area contributed by atoms with E-state index in [1.807, 2.05) is 11.9 Å². The molecule has 194 valence electrons. The standard InChI is InChI=1S/C29H39N3O4/c1-28-14-12-21-18(9-11-23-29(21,2)15-13-25(34)32(23)3)20(28)10-8-17(28)16-24(33)31-22-7-5-6-19(26(22)30)27(35)36-4/h5-7,13,15,17-18,20-21,23H,8-12,14,16,30H2,1-4H3,(H,31,33)/t17-,18+,20+,21+,23-,28-,29-/m1/s1. The van der Waals surface area contributed by atoms with Crippen LogP contribution in [0.4, 0.5) is 11.4 Å². The van der Waals surface area contributed by atoms with Gasteiger partial charge in [-0.15, -0.1) is 0 Å². The third-order valence-corrected chi connectivity index (χ3v) is 10.5. The second kappa shape index (κ2) is 8.93. The van der Waals surface area contributed by atoms with Gasteiger partial charge in [-0.25, -0.2) is 4.79 Å². The van der Waals surface area contributed by atoms with E-state index in [9.17, 15) is 14.4 Å². The van der Waals surface area contributed by atoms with E-state index in [0.717, 1.165) is 38.5 Å². The third-order valence-electron chi connectivity index (χ3n) is 10.5. The van der Waals surface area contributed by atoms with Crippen molar-refractivity contribution >= 4 is 29.2 Å². The molecule has 0 aromatic heterocycles. The molecule has 3 saturated carbocycles. The number of benzene rings is 1. The number of hydrogen-bond acceptors (Lipinski definition) is 5. The van der Waals surface area contributed by atoms with Crippen LogP contribution in [0.15, 0.2) is 30.4 Å². The number of ether oxygens (including phenoxy) is 1. The van der Waals surface area contributed by atoms with E-state index < -0.39 is 5.97 Å². The van der Waals surface area contributed by atoms with E-state index in [1.54, 1.807) is 24.3 Å². The largest absolute Gasteiger partial charge is 0.465 e. The van der Waals surface area contributed by atoms with Crippen LogP contribution in [0.2, 0.25) is 0 Å². The molecule has 3 aliphatic carbocycles. The number of likely N-dealkylation sites (N-methyl/N-ethyl adjacent to an activating group) is 1. The zero-order chi connectivity index (χ0) is 25.8. The van der Waals surface area contributed by atoms with Crippen LogP contribution in [-0.4, -0.2) is 42.9 Å². The number of nitrogens with one attached hydrogen (secondary N) is 1. The van der Waals surface area contributed by atoms with Crippen LogP contribution in [0.1, 0.15) is 69.2 Å². The second-order valence-corrected chi connectivity index (χ2v) is 11.9. The molecular formula is C29H39N3O4. The highest BCUT2D eigenvalue weighted by atomic mass is 16.5. The number of nitrogens with two attached hydrogens (primary N) is 1. The predicted octanol–water partition coefficient (Wildman–Crippen LogP) is 4.64. The number of nitrogen functional groups attached to an aromatic ring is 1. The minimum absolute atomic E-state index is 0.0323. The van der Waals surface area contributed by atoms with Gasteiger partial charge in [0.25, 0.3) is 0 Å². The van der Waals surface area contributed by atoms with Crippen molar-refractivity contribution < 1.29 is 19.1 Å². The van der Waals surface area contributed by atoms with E-state index in [4.69, 9.17) is 10.5 Å². The lowest BCUT2D eigenvalue weighted by Gasteiger charge is -2.60. The molecule has 4 aliphatic rings. The fourth-order valence-corrected chi connectivity index (χ4v) is 8.57. The molecule has 7 nitrogen and oxygen atoms in total. The van der Waals surface area contributed by atoms with Gasteiger partial charge in [-0.1, -0.05) is 26.0 Å². The summed E-state index contributed by atoms with van der Waals surface area (Å²) in [6.45, 7) is 4.77. The van der Waals surface area contributed by atoms with Crippen LogP contribution in [0.5, 0.6) is 0 Å². The molecule has 5 rings (SSSR count). The first-order valence-electron chi connectivity index (χ1n) is 13.3. The fraction of sp³-hybridized carbons (Fsp3) is 0.621. The summed E-state index contributed by atoms with van der Waals surface area (Å²) in [6.07, 6.45) is 11.2. The summed E-state index contributed by atoms with van der Waals surface area (Å²) in [7, 11) is 3.27. The Balaban J connectivity index is 1.30. The molecule has 2 amide bonds. The summed E-state index contributed by atoms with van der Waals surface area (Å²) in [4.78, 5) is 39.4. The number of carbonyl (C=O) groups is 3. The normalized spacial score (nSPS) is 37.1. The van der Waals surface area contributed by atoms with Gasteiger partial charge in [0.05, 0.1) is 24.0 Å². The molecule has 0 spiro atoms. The molecule has 0 unspecified atom stereocenters. The fourth-order valence-electron chi connectivity index (χ4n) is 8.57. The van der Waals surface area contributed by atoms with Crippen molar-refractivity contribution in [2.75, 3.05) is 25.2 Å². The zero-order valence-corrected chi connectivity index (χ0v) is 21.9. The van der Waals surface area contributed by atoms with Gasteiger partial charge < -0.3 is 20.7 Å². The summed E-state index contributed by atoms with van der Waals surface area (Å²) in [5, 5.41) is 2.96. The molecule has 0 radical (unpaired) electrons. The number of fused-ring (bicyclic) bond motifs is 5. The third kappa shape index (κ3) is 3.73. The molecule has 1 aromatic carbocycles. The Bertz CT molecular complexity index is 1120. The predicted molar refractivity (Wildman–Crippen MR) is 139 cm³/mol. The quantitative estimate of drug-likeness (QED) is 0.470. The number of amides is 2. The highest BCUT2D eigenvalue weighted by molar-refractivity contribution is 6.02. The minimum Gasteiger partial charge on any atom is -0.465 e. The molecule has 36 heavy (non-hydrogen) atoms. The average Bonchev–Trinajstić information content (AvgIpc) is 3.18. The number of rotatable bonds is 4. The van der Waals surface area contributed by atoms with Gasteiger partial charge in [-0.2, -0.15) is 0 Å². The van der Waals surface area contributed by atoms with Crippen molar-refractivity contribution in [1.29, 1.82) is 0 Å². The van der Waals surface area contributed by atoms with E-state index in [1.165, 1.54) is 7.11 Å². The monoisotopic (exact) mass is 493 g/mol. The summed E-state index contributed by atoms with van der Waals surface area (Å²) in [5.41, 5.74) is 7.29. The second-order valence-electron chi connectivity index (χ2n) is 11.9. The van der Waals surface area contributed by atoms with Gasteiger partial charge in [0.2, 0.25) is 11.8 Å². The number of para-hydroxylation sites is 1. The first-order chi connectivity index (χ1) is 17.1. The zero-order valence-electron chi connectivity index (χ0n) is 21.9. The lowest BCUT2D eigenvalue weighted by Crippen LogP contribution is -2.59. The molecule has 3 N–H and O–H groups in total. The van der Waals surface area contributed by atoms with Gasteiger partial charge in [0, 0.05) is 24.9 Å². The van der Waals surface area contributed by atoms with Crippen LogP contribution >= 0.6 is 0 Å². The SMILES string of the molecule is COC(=O)c1cccc(NC(=O)C[C@H]2CC[C@H]3[C@@H]4CC[C@H]5N(C)C(=O)C=C[C@]5(C)[C@H]4CC[C@]23C)c1N. The molecule has 1 aromatic rings. The molecular weight excluding hydrogens is 454 g/mol. The van der Waals surface area contributed by atoms with Gasteiger partial charge in [0.15, 0.2) is 0 Å². The Morgan fingerprint density at radius 3 is 2.67 bits per heavy atom. The summed E-state index contributed by atoms with van der Waals surface area (Å²) in [6, 6.07) is 5.31. The molecule has 0 saturated heterocycles. The van der Waals surface area contributed by atoms with Crippen molar-refractivity contribution in [2.24, 2.45) is 34.5 Å². The van der Waals surface area contributed by atoms with Crippen molar-refractivity contribution in [3.8, 4) is 0 Å². The van der Waals surface area contributed by atoms with Crippen molar-refractivity contribution in [2.45, 2.75) is 64.8 Å². The van der Waals surface area contributed by atoms with E-state index in [2.05, 4.69) is 25.2 Å². The maximum atomic E-state index is 13.1. The number of esters is 1. The van der Waals surface area contributed by atoms with Gasteiger partial charge >= 0.3 is 5.97 Å². The van der Waals surface area contributed by atoms with E-state index >= 15 is 0 Å². The minimum atomic E-state index is -0.515. The maximum absolute atomic E-state index is 13.1. The van der Waals surface area contributed by atoms with Crippen LogP contribution in [0.3, 0.4) is 0 Å². The number of anilines is 2. The molecule has 1 heterocycles. The first kappa shape index (κ1) is 24.8. The van der Waals surface area contributed by atoms with Gasteiger partial charge in [0.1, 0.15) is 0 Å². The highest BCUT2D eigenvalue weighted by Gasteiger charge is 2.60. The molecule has 0 bridgehead atoms. The van der Waals surface area contributed by atoms with Crippen LogP contribution in [0.25, 0.3) is 0 Å². The highest BCUT2D eigenvalue weighted by Crippen LogP contribution is 2.66. The van der Waals surface area contributed by atoms with Crippen LogP contribution in [-0.2, 0) is 14.3 Å². The first-order valence-corrected chi connectivity index (χ1v) is 13.3. The topological polar surface area (TPSA) is 102 Å². The maximum Gasteiger partial charge on any atom is 0.340 e. The number of carbonyl (C=O) groups excluding carboxylic acids is 3. The Morgan fingerprint density at radius 1 is 1.14 bits per heavy atom. The number of methoxy groups -OCH3 is 1. The van der Waals surface area contributed by atoms with E-state index in [-0.39, 0.29) is 39.9 Å². The van der Waals surface area contributed by atoms with Crippen molar-refractivity contribution in [3.63, 3.8) is 0 Å². The lowest BCUT2D eigenvalue weighted by molar-refractivity contribution is -0.139. The van der Waals surface area contributed by atoms with Crippen molar-refractivity contribution in [3.05, 3.63) is 35.9 Å².